The van der Waals surface area contributed by atoms with Crippen molar-refractivity contribution in [2.45, 2.75) is 37.6 Å². The molecule has 0 aliphatic carbocycles. The van der Waals surface area contributed by atoms with Crippen molar-refractivity contribution in [1.29, 1.82) is 0 Å². The van der Waals surface area contributed by atoms with Gasteiger partial charge in [-0.1, -0.05) is 13.8 Å². The van der Waals surface area contributed by atoms with Crippen LogP contribution >= 0.6 is 0 Å². The highest BCUT2D eigenvalue weighted by molar-refractivity contribution is 7.89. The van der Waals surface area contributed by atoms with Crippen LogP contribution in [-0.2, 0) is 14.8 Å². The van der Waals surface area contributed by atoms with Gasteiger partial charge in [-0.25, -0.2) is 22.0 Å². The van der Waals surface area contributed by atoms with E-state index in [0.29, 0.717) is 0 Å². The van der Waals surface area contributed by atoms with Gasteiger partial charge in [0.15, 0.2) is 0 Å². The number of halogens is 2. The zero-order valence-electron chi connectivity index (χ0n) is 13.8. The van der Waals surface area contributed by atoms with E-state index in [1.54, 1.807) is 13.8 Å². The van der Waals surface area contributed by atoms with Gasteiger partial charge in [0.05, 0.1) is 4.90 Å². The number of benzene rings is 1. The molecule has 0 saturated heterocycles. The van der Waals surface area contributed by atoms with Gasteiger partial charge in [-0.2, -0.15) is 4.31 Å². The van der Waals surface area contributed by atoms with E-state index in [4.69, 9.17) is 5.11 Å². The number of nitrogens with zero attached hydrogens (tertiary/aromatic N) is 1. The van der Waals surface area contributed by atoms with Gasteiger partial charge in [0.25, 0.3) is 5.91 Å². The van der Waals surface area contributed by atoms with Crippen molar-refractivity contribution in [1.82, 2.24) is 9.62 Å². The van der Waals surface area contributed by atoms with E-state index in [2.05, 4.69) is 0 Å². The monoisotopic (exact) mass is 378 g/mol. The molecule has 140 valence electrons. The molecule has 10 heteroatoms. The second-order valence-corrected chi connectivity index (χ2v) is 7.04. The summed E-state index contributed by atoms with van der Waals surface area (Å²) in [4.78, 5) is 22.8. The molecule has 1 aromatic carbocycles. The molecule has 0 aromatic heterocycles. The van der Waals surface area contributed by atoms with Crippen molar-refractivity contribution in [3.05, 3.63) is 29.8 Å². The van der Waals surface area contributed by atoms with E-state index in [1.165, 1.54) is 28.6 Å². The molecule has 1 atom stereocenters. The van der Waals surface area contributed by atoms with Crippen molar-refractivity contribution in [3.8, 4) is 0 Å². The van der Waals surface area contributed by atoms with Crippen LogP contribution < -0.4 is 5.32 Å². The first-order valence-electron chi connectivity index (χ1n) is 7.55. The molecule has 1 amide bonds. The summed E-state index contributed by atoms with van der Waals surface area (Å²) >= 11 is 0. The van der Waals surface area contributed by atoms with E-state index in [0.717, 1.165) is 0 Å². The lowest BCUT2D eigenvalue weighted by Crippen LogP contribution is -2.42. The molecule has 0 radical (unpaired) electrons. The fourth-order valence-corrected chi connectivity index (χ4v) is 3.59. The Bertz CT molecular complexity index is 703. The molecular weight excluding hydrogens is 358 g/mol. The highest BCUT2D eigenvalue weighted by atomic mass is 32.2. The Morgan fingerprint density at radius 1 is 1.16 bits per heavy atom. The molecule has 1 unspecified atom stereocenters. The van der Waals surface area contributed by atoms with Crippen molar-refractivity contribution < 1.29 is 31.9 Å². The Morgan fingerprint density at radius 2 is 1.68 bits per heavy atom. The Kier molecular flexibility index (Phi) is 7.43. The van der Waals surface area contributed by atoms with Crippen LogP contribution in [0.3, 0.4) is 0 Å². The zero-order valence-corrected chi connectivity index (χ0v) is 14.6. The Labute approximate surface area is 144 Å². The number of carbonyl (C=O) groups is 2. The molecule has 0 fully saturated rings. The minimum atomic E-state index is -3.69. The number of rotatable bonds is 9. The quantitative estimate of drug-likeness (QED) is 0.679. The Hall–Kier alpha value is -2.07. The van der Waals surface area contributed by atoms with Gasteiger partial charge in [0.1, 0.15) is 6.04 Å². The summed E-state index contributed by atoms with van der Waals surface area (Å²) in [5, 5.41) is 10.8. The van der Waals surface area contributed by atoms with Crippen LogP contribution in [0.1, 0.15) is 30.6 Å². The molecule has 1 rings (SSSR count). The normalized spacial score (nSPS) is 13.0. The van der Waals surface area contributed by atoms with Crippen LogP contribution in [0, 0.1) is 0 Å². The fourth-order valence-electron chi connectivity index (χ4n) is 2.13. The molecule has 0 saturated carbocycles. The first kappa shape index (κ1) is 21.0. The number of alkyl halides is 2. The topological polar surface area (TPSA) is 104 Å². The van der Waals surface area contributed by atoms with E-state index < -0.39 is 40.8 Å². The highest BCUT2D eigenvalue weighted by Gasteiger charge is 2.25. The summed E-state index contributed by atoms with van der Waals surface area (Å²) < 4.78 is 50.6. The number of sulfonamides is 1. The summed E-state index contributed by atoms with van der Waals surface area (Å²) in [5.74, 6) is -2.45. The number of hydrogen-bond donors (Lipinski definition) is 2. The zero-order chi connectivity index (χ0) is 19.2. The van der Waals surface area contributed by atoms with Gasteiger partial charge in [-0.05, 0) is 24.3 Å². The van der Waals surface area contributed by atoms with Crippen molar-refractivity contribution in [2.75, 3.05) is 13.1 Å². The Balaban J connectivity index is 2.95. The predicted octanol–water partition coefficient (Wildman–Crippen LogP) is 1.56. The fraction of sp³-hybridized carbons (Fsp3) is 0.467. The lowest BCUT2D eigenvalue weighted by molar-refractivity contribution is -0.140. The van der Waals surface area contributed by atoms with Crippen LogP contribution in [0.2, 0.25) is 0 Å². The maximum Gasteiger partial charge on any atom is 0.326 e. The van der Waals surface area contributed by atoms with Gasteiger partial charge in [0.2, 0.25) is 16.4 Å². The van der Waals surface area contributed by atoms with Crippen LogP contribution in [-0.4, -0.2) is 55.3 Å². The average molecular weight is 378 g/mol. The van der Waals surface area contributed by atoms with Crippen LogP contribution in [0.25, 0.3) is 0 Å². The smallest absolute Gasteiger partial charge is 0.326 e. The second-order valence-electron chi connectivity index (χ2n) is 5.10. The summed E-state index contributed by atoms with van der Waals surface area (Å²) in [5.41, 5.74) is -0.0287. The Morgan fingerprint density at radius 3 is 2.08 bits per heavy atom. The largest absolute Gasteiger partial charge is 0.480 e. The van der Waals surface area contributed by atoms with Crippen molar-refractivity contribution >= 4 is 21.9 Å². The van der Waals surface area contributed by atoms with E-state index in [9.17, 15) is 26.8 Å². The summed E-state index contributed by atoms with van der Waals surface area (Å²) in [7, 11) is -3.69. The number of hydrogen-bond acceptors (Lipinski definition) is 4. The summed E-state index contributed by atoms with van der Waals surface area (Å²) in [6.45, 7) is 3.96. The maximum atomic E-state index is 12.3. The number of amides is 1. The third-order valence-corrected chi connectivity index (χ3v) is 5.54. The summed E-state index contributed by atoms with van der Waals surface area (Å²) in [6.07, 6.45) is -3.90. The van der Waals surface area contributed by atoms with Gasteiger partial charge in [-0.3, -0.25) is 4.79 Å². The molecule has 0 heterocycles. The molecule has 1 aromatic rings. The third kappa shape index (κ3) is 5.46. The van der Waals surface area contributed by atoms with Crippen molar-refractivity contribution in [3.63, 3.8) is 0 Å². The van der Waals surface area contributed by atoms with Crippen LogP contribution in [0.5, 0.6) is 0 Å². The highest BCUT2D eigenvalue weighted by Crippen LogP contribution is 2.16. The lowest BCUT2D eigenvalue weighted by atomic mass is 10.1. The van der Waals surface area contributed by atoms with E-state index in [-0.39, 0.29) is 23.5 Å². The molecule has 7 nitrogen and oxygen atoms in total. The maximum absolute atomic E-state index is 12.3. The summed E-state index contributed by atoms with van der Waals surface area (Å²) in [6, 6.07) is 3.10. The lowest BCUT2D eigenvalue weighted by Gasteiger charge is -2.18. The number of carboxylic acid groups (broad SMARTS) is 1. The van der Waals surface area contributed by atoms with E-state index >= 15 is 0 Å². The standard InChI is InChI=1S/C15H20F2N2O5S/c1-3-19(4-2)25(23,24)11-7-5-10(6-8-11)14(20)18-12(15(21)22)9-13(16)17/h5-8,12-13H,3-4,9H2,1-2H3,(H,18,20)(H,21,22). The van der Waals surface area contributed by atoms with Gasteiger partial charge in [0, 0.05) is 25.1 Å². The molecule has 0 aliphatic heterocycles. The van der Waals surface area contributed by atoms with Crippen LogP contribution in [0.15, 0.2) is 29.2 Å². The van der Waals surface area contributed by atoms with E-state index in [1.807, 2.05) is 5.32 Å². The number of carboxylic acids is 1. The minimum Gasteiger partial charge on any atom is -0.480 e. The SMILES string of the molecule is CCN(CC)S(=O)(=O)c1ccc(C(=O)NC(CC(F)F)C(=O)O)cc1. The number of carbonyl (C=O) groups excluding carboxylic acids is 1. The molecule has 0 bridgehead atoms. The second kappa shape index (κ2) is 8.86. The molecular formula is C15H20F2N2O5S. The molecule has 0 spiro atoms. The van der Waals surface area contributed by atoms with Gasteiger partial charge in [-0.15, -0.1) is 0 Å². The van der Waals surface area contributed by atoms with Crippen LogP contribution in [0.4, 0.5) is 8.78 Å². The first-order chi connectivity index (χ1) is 11.6. The minimum absolute atomic E-state index is 0.0184. The molecule has 0 aliphatic rings. The number of aliphatic carboxylic acids is 1. The molecule has 2 N–H and O–H groups in total. The predicted molar refractivity (Wildman–Crippen MR) is 86.1 cm³/mol. The average Bonchev–Trinajstić information content (AvgIpc) is 2.54. The number of nitrogens with one attached hydrogen (secondary N) is 1. The first-order valence-corrected chi connectivity index (χ1v) is 8.99. The third-order valence-electron chi connectivity index (χ3n) is 3.48. The van der Waals surface area contributed by atoms with Gasteiger partial charge < -0.3 is 10.4 Å². The molecule has 25 heavy (non-hydrogen) atoms. The van der Waals surface area contributed by atoms with Gasteiger partial charge >= 0.3 is 5.97 Å². The van der Waals surface area contributed by atoms with Crippen molar-refractivity contribution in [2.24, 2.45) is 0 Å².